The summed E-state index contributed by atoms with van der Waals surface area (Å²) in [4.78, 5) is 54.9. The average Bonchev–Trinajstić information content (AvgIpc) is 1.60. The van der Waals surface area contributed by atoms with Gasteiger partial charge < -0.3 is 71.5 Å². The molecular weight excluding hydrogens is 1720 g/mol. The zero-order valence-corrected chi connectivity index (χ0v) is 73.8. The number of hydrogen-bond acceptors (Lipinski definition) is 31. The van der Waals surface area contributed by atoms with Crippen LogP contribution in [-0.2, 0) is 9.53 Å². The number of aryl methyl sites for hydroxylation is 3. The number of nitrogen functional groups attached to an aromatic ring is 2. The summed E-state index contributed by atoms with van der Waals surface area (Å²) in [5, 5.41) is 65.3. The fourth-order valence-corrected chi connectivity index (χ4v) is 20.2. The van der Waals surface area contributed by atoms with Crippen molar-refractivity contribution in [1.82, 2.24) is 9.97 Å². The molecule has 0 saturated carbocycles. The quantitative estimate of drug-likeness (QED) is 0.0740. The van der Waals surface area contributed by atoms with Gasteiger partial charge in [0.15, 0.2) is 5.78 Å². The first-order valence-electron chi connectivity index (χ1n) is 39.2. The molecule has 1 aliphatic carbocycles. The molecule has 12 N–H and O–H groups in total. The zero-order valence-electron chi connectivity index (χ0n) is 68.9. The van der Waals surface area contributed by atoms with E-state index in [4.69, 9.17) is 71.9 Å². The van der Waals surface area contributed by atoms with Gasteiger partial charge in [0.05, 0.1) is 62.4 Å². The Labute approximate surface area is 751 Å². The number of nitrogens with two attached hydrogens (primary N) is 6. The molecule has 634 valence electrons. The first-order chi connectivity index (χ1) is 61.2. The number of ketones is 1. The minimum Gasteiger partial charge on any atom is -0.465 e. The van der Waals surface area contributed by atoms with Gasteiger partial charge in [-0.05, 0) is 158 Å². The van der Waals surface area contributed by atoms with E-state index >= 15 is 0 Å². The maximum Gasteiger partial charge on any atom is 0.344 e. The topological polar surface area (TPSA) is 455 Å². The Balaban J connectivity index is 0.000000124. The van der Waals surface area contributed by atoms with Crippen LogP contribution in [0.3, 0.4) is 0 Å². The molecule has 0 bridgehead atoms. The lowest BCUT2D eigenvalue weighted by Gasteiger charge is -2.36. The lowest BCUT2D eigenvalue weighted by molar-refractivity contribution is -0.119. The van der Waals surface area contributed by atoms with Crippen molar-refractivity contribution in [2.45, 2.75) is 85.0 Å². The molecule has 15 heterocycles. The number of thiophene rings is 6. The van der Waals surface area contributed by atoms with Crippen molar-refractivity contribution in [3.8, 4) is 86.6 Å². The van der Waals surface area contributed by atoms with E-state index in [2.05, 4.69) is 65.1 Å². The minimum absolute atomic E-state index is 0.0309. The van der Waals surface area contributed by atoms with E-state index in [1.165, 1.54) is 57.5 Å². The summed E-state index contributed by atoms with van der Waals surface area (Å²) in [6.07, 6.45) is 1.13. The van der Waals surface area contributed by atoms with Crippen LogP contribution in [0.5, 0.6) is 17.2 Å². The summed E-state index contributed by atoms with van der Waals surface area (Å²) in [5.41, 5.74) is 44.2. The van der Waals surface area contributed by atoms with Gasteiger partial charge in [-0.15, -0.1) is 68.0 Å². The van der Waals surface area contributed by atoms with Crippen LogP contribution in [0.1, 0.15) is 128 Å². The van der Waals surface area contributed by atoms with Crippen molar-refractivity contribution in [3.63, 3.8) is 0 Å². The molecule has 5 aliphatic rings. The lowest BCUT2D eigenvalue weighted by Crippen LogP contribution is -2.33. The van der Waals surface area contributed by atoms with Gasteiger partial charge in [0, 0.05) is 91.9 Å². The minimum atomic E-state index is -0.718. The third-order valence-electron chi connectivity index (χ3n) is 20.9. The number of fused-ring (bicyclic) bond motifs is 5. The first kappa shape index (κ1) is 88.2. The lowest BCUT2D eigenvalue weighted by atomic mass is 9.71. The summed E-state index contributed by atoms with van der Waals surface area (Å²) in [5.74, 6) is 2.31. The molecule has 127 heavy (non-hydrogen) atoms. The number of aromatic nitrogens is 2. The number of furan rings is 1. The van der Waals surface area contributed by atoms with E-state index in [1.807, 2.05) is 151 Å². The molecule has 0 spiro atoms. The van der Waals surface area contributed by atoms with E-state index in [0.717, 1.165) is 93.3 Å². The smallest absolute Gasteiger partial charge is 0.344 e. The maximum atomic E-state index is 13.2. The standard InChI is InChI=1S/C20H12FN3S.C18H19N3OS.C16H16N2O2S.C15H12N2O4.C14H10N2O3S.C12H7N3S2/c21-14-8-6-13(7-9-14)16-10-15(12-4-2-1-3-5-12)18-19(23)17(11-22)25-20(18)24-16;1-3-21(4-2)12-7-8-13-15(10-12)22-18(20)14(11-19)17(13)16-6-5-9-23-16;1-16(2)6-10(19)14-11(7-16)20-15(18)9(8-17)13(14)12-4-3-5-21-12;1-7-3-4-10(19-7)12-9(6-16)14(17)21-11-5-8(2)20-15(18)13(11)12;1-7-5-9-12(14(17)18-7)11(10-3-2-4-20-10)8(6-15)13(16)19-9;13-6-10-11(14)7-3-4-8(15-12(7)17-10)9-2-1-5-16-9/h1-10H,23H2;5-10,17H,3-4,20H2,1-2H3;3-5,13H,6-7,18H2,1-2H3;3-5,12H,17H2,1-2H3;2-5,11H,16H2,1H3;1-5H,14H2. The Morgan fingerprint density at radius 3 is 1.55 bits per heavy atom. The summed E-state index contributed by atoms with van der Waals surface area (Å²) < 4.78 is 51.2. The number of Topliss-reactive ketones (excluding diaryl/α,β-unsaturated/α-hetero) is 1. The number of allylic oxidation sites excluding steroid dienone is 6. The molecule has 3 aromatic carbocycles. The predicted octanol–water partition coefficient (Wildman–Crippen LogP) is 20.0. The van der Waals surface area contributed by atoms with Gasteiger partial charge in [0.1, 0.15) is 130 Å². The van der Waals surface area contributed by atoms with Crippen LogP contribution in [0.2, 0.25) is 0 Å². The number of anilines is 3. The molecule has 0 amide bonds. The first-order valence-corrected chi connectivity index (χ1v) is 44.3. The molecule has 14 aromatic rings. The Bertz CT molecular complexity index is 7150. The number of pyridine rings is 2. The molecule has 19 rings (SSSR count). The van der Waals surface area contributed by atoms with Crippen molar-refractivity contribution in [1.29, 1.82) is 31.6 Å². The Morgan fingerprint density at radius 2 is 1.00 bits per heavy atom. The largest absolute Gasteiger partial charge is 0.465 e. The summed E-state index contributed by atoms with van der Waals surface area (Å²) in [6.45, 7) is 15.3. The van der Waals surface area contributed by atoms with Gasteiger partial charge in [-0.1, -0.05) is 74.5 Å². The van der Waals surface area contributed by atoms with E-state index in [1.54, 1.807) is 79.8 Å². The predicted molar refractivity (Wildman–Crippen MR) is 491 cm³/mol. The second-order valence-electron chi connectivity index (χ2n) is 29.8. The highest BCUT2D eigenvalue weighted by Crippen LogP contribution is 2.51. The Morgan fingerprint density at radius 1 is 0.480 bits per heavy atom. The molecule has 32 heteroatoms. The normalized spacial score (nSPS) is 16.1. The number of nitriles is 6. The maximum absolute atomic E-state index is 13.2. The second kappa shape index (κ2) is 37.9. The van der Waals surface area contributed by atoms with Crippen molar-refractivity contribution >= 4 is 111 Å². The van der Waals surface area contributed by atoms with Crippen LogP contribution in [0.15, 0.2) is 265 Å². The van der Waals surface area contributed by atoms with Crippen LogP contribution in [0.4, 0.5) is 21.5 Å². The van der Waals surface area contributed by atoms with Gasteiger partial charge in [-0.3, -0.25) is 4.79 Å². The molecule has 25 nitrogen and oxygen atoms in total. The Kier molecular flexibility index (Phi) is 26.4. The van der Waals surface area contributed by atoms with Gasteiger partial charge in [0.2, 0.25) is 23.5 Å². The van der Waals surface area contributed by atoms with E-state index < -0.39 is 23.1 Å². The SMILES string of the molecule is CC1(C)CC(=O)C2=C(C1)OC(N)=C(C#N)C2c1cccs1.CCN(CC)c1ccc2c(c1)OC(N)=C(C#N)C2c1cccs1.Cc1cc2c(c(=O)o1)C(c1cccs1)C(C#N)=C(N)O2.Cc1ccc(C2C(C#N)=C(N)Oc3cc(C)oc(=O)c32)o1.N#Cc1sc2nc(-c3ccc(F)cc3)cc(-c3ccccc3)c2c1N.N#Cc1sc2nc(-c3cccs3)ccc2c1N. The summed E-state index contributed by atoms with van der Waals surface area (Å²) >= 11 is 8.87. The van der Waals surface area contributed by atoms with E-state index in [-0.39, 0.29) is 69.1 Å². The Hall–Kier alpha value is -15.1. The molecule has 4 atom stereocenters. The van der Waals surface area contributed by atoms with E-state index in [9.17, 15) is 45.1 Å². The number of benzene rings is 3. The summed E-state index contributed by atoms with van der Waals surface area (Å²) in [6, 6.07) is 62.8. The molecule has 0 radical (unpaired) electrons. The monoisotopic (exact) mass is 1800 g/mol. The van der Waals surface area contributed by atoms with E-state index in [0.29, 0.717) is 101 Å². The van der Waals surface area contributed by atoms with Gasteiger partial charge in [0.25, 0.3) is 0 Å². The van der Waals surface area contributed by atoms with Crippen molar-refractivity contribution in [2.24, 2.45) is 28.3 Å². The third-order valence-corrected chi connectivity index (χ3v) is 26.7. The second-order valence-corrected chi connectivity index (χ2v) is 35.6. The van der Waals surface area contributed by atoms with Crippen molar-refractivity contribution in [2.75, 3.05) is 29.5 Å². The van der Waals surface area contributed by atoms with Crippen LogP contribution in [0, 0.1) is 100.0 Å². The van der Waals surface area contributed by atoms with Crippen molar-refractivity contribution < 1.29 is 41.4 Å². The average molecular weight is 1800 g/mol. The van der Waals surface area contributed by atoms with Crippen LogP contribution < -0.4 is 64.8 Å². The fraction of sp³-hybridized carbons (Fsp3) is 0.168. The fourth-order valence-electron chi connectivity index (χ4n) is 15.1. The molecule has 0 saturated heterocycles. The van der Waals surface area contributed by atoms with Crippen LogP contribution in [0.25, 0.3) is 53.4 Å². The third kappa shape index (κ3) is 18.3. The number of carbonyl (C=O) groups is 1. The molecule has 11 aromatic heterocycles. The van der Waals surface area contributed by atoms with Crippen LogP contribution in [-0.4, -0.2) is 28.8 Å². The van der Waals surface area contributed by atoms with Gasteiger partial charge in [-0.2, -0.15) is 31.6 Å². The molecule has 0 fully saturated rings. The van der Waals surface area contributed by atoms with Crippen molar-refractivity contribution in [3.05, 3.63) is 333 Å². The van der Waals surface area contributed by atoms with Gasteiger partial charge in [-0.25, -0.2) is 23.9 Å². The molecular formula is C95H76FN15O10S6. The zero-order chi connectivity index (χ0) is 90.2. The highest BCUT2D eigenvalue weighted by Gasteiger charge is 2.44. The number of rotatable bonds is 10. The molecule has 4 unspecified atom stereocenters. The number of halogens is 1. The number of nitrogens with zero attached hydrogens (tertiary/aromatic N) is 9. The number of hydrogen-bond donors (Lipinski definition) is 6. The highest BCUT2D eigenvalue weighted by molar-refractivity contribution is 7.20. The van der Waals surface area contributed by atoms with Crippen LogP contribution >= 0.6 is 68.0 Å². The van der Waals surface area contributed by atoms with Gasteiger partial charge >= 0.3 is 11.3 Å². The molecule has 4 aliphatic heterocycles. The number of ether oxygens (including phenoxy) is 4. The summed E-state index contributed by atoms with van der Waals surface area (Å²) in [7, 11) is 0. The highest BCUT2D eigenvalue weighted by atomic mass is 32.1. The number of carbonyl (C=O) groups excluding carboxylic acids is 1.